The van der Waals surface area contributed by atoms with E-state index in [0.29, 0.717) is 32.5 Å². The van der Waals surface area contributed by atoms with Crippen molar-refractivity contribution in [2.75, 3.05) is 13.2 Å². The lowest BCUT2D eigenvalue weighted by Gasteiger charge is -2.28. The van der Waals surface area contributed by atoms with Crippen LogP contribution in [0.25, 0.3) is 0 Å². The van der Waals surface area contributed by atoms with Crippen molar-refractivity contribution in [2.45, 2.75) is 44.4 Å². The first-order valence-electron chi connectivity index (χ1n) is 7.49. The van der Waals surface area contributed by atoms with Crippen LogP contribution in [-0.2, 0) is 15.7 Å². The molecule has 0 aromatic carbocycles. The van der Waals surface area contributed by atoms with E-state index in [2.05, 4.69) is 10.3 Å². The van der Waals surface area contributed by atoms with Gasteiger partial charge in [0.25, 0.3) is 0 Å². The van der Waals surface area contributed by atoms with E-state index in [1.165, 1.54) is 0 Å². The smallest absolute Gasteiger partial charge is 0.381 e. The van der Waals surface area contributed by atoms with Crippen LogP contribution in [0.3, 0.4) is 0 Å². The Bertz CT molecular complexity index is 530. The number of nitrogens with zero attached hydrogens (tertiary/aromatic N) is 1. The fraction of sp³-hybridized carbons (Fsp3) is 0.714. The molecular formula is C14H20F3N3O2S. The van der Waals surface area contributed by atoms with Gasteiger partial charge in [0.2, 0.25) is 5.91 Å². The van der Waals surface area contributed by atoms with E-state index in [0.717, 1.165) is 16.7 Å². The zero-order valence-electron chi connectivity index (χ0n) is 12.7. The first-order valence-corrected chi connectivity index (χ1v) is 8.37. The van der Waals surface area contributed by atoms with Gasteiger partial charge in [-0.3, -0.25) is 4.79 Å². The fourth-order valence-electron chi connectivity index (χ4n) is 2.47. The molecule has 1 aliphatic rings. The molecule has 2 unspecified atom stereocenters. The number of thiazole rings is 1. The van der Waals surface area contributed by atoms with Gasteiger partial charge in [0.1, 0.15) is 5.01 Å². The second kappa shape index (κ2) is 7.59. The molecule has 3 N–H and O–H groups in total. The molecule has 130 valence electrons. The summed E-state index contributed by atoms with van der Waals surface area (Å²) in [5.41, 5.74) is 5.05. The third-order valence-electron chi connectivity index (χ3n) is 3.91. The van der Waals surface area contributed by atoms with E-state index in [1.54, 1.807) is 6.92 Å². The van der Waals surface area contributed by atoms with Gasteiger partial charge in [-0.15, -0.1) is 11.3 Å². The predicted molar refractivity (Wildman–Crippen MR) is 79.8 cm³/mol. The highest BCUT2D eigenvalue weighted by Gasteiger charge is 2.35. The van der Waals surface area contributed by atoms with Gasteiger partial charge in [-0.1, -0.05) is 6.92 Å². The Kier molecular flexibility index (Phi) is 5.99. The number of carbonyl (C=O) groups is 1. The highest BCUT2D eigenvalue weighted by molar-refractivity contribution is 7.09. The van der Waals surface area contributed by atoms with Crippen LogP contribution in [-0.4, -0.2) is 30.1 Å². The Labute approximate surface area is 136 Å². The van der Waals surface area contributed by atoms with Crippen molar-refractivity contribution < 1.29 is 22.7 Å². The van der Waals surface area contributed by atoms with Gasteiger partial charge < -0.3 is 15.8 Å². The minimum atomic E-state index is -4.48. The average Bonchev–Trinajstić information content (AvgIpc) is 3.02. The van der Waals surface area contributed by atoms with E-state index in [1.807, 2.05) is 0 Å². The number of carbonyl (C=O) groups excluding carboxylic acids is 1. The second-order valence-corrected chi connectivity index (χ2v) is 6.40. The molecule has 1 amide bonds. The van der Waals surface area contributed by atoms with E-state index in [-0.39, 0.29) is 16.8 Å². The van der Waals surface area contributed by atoms with Gasteiger partial charge in [-0.05, 0) is 25.2 Å². The molecule has 9 heteroatoms. The molecule has 1 aromatic heterocycles. The third-order valence-corrected chi connectivity index (χ3v) is 4.87. The highest BCUT2D eigenvalue weighted by Crippen LogP contribution is 2.32. The van der Waals surface area contributed by atoms with Crippen molar-refractivity contribution in [3.63, 3.8) is 0 Å². The summed E-state index contributed by atoms with van der Waals surface area (Å²) in [6, 6.07) is -1.25. The number of hydrogen-bond acceptors (Lipinski definition) is 5. The molecule has 2 atom stereocenters. The van der Waals surface area contributed by atoms with Crippen LogP contribution in [0, 0.1) is 5.92 Å². The van der Waals surface area contributed by atoms with Crippen LogP contribution in [0.4, 0.5) is 13.2 Å². The average molecular weight is 351 g/mol. The molecule has 2 rings (SSSR count). The van der Waals surface area contributed by atoms with Crippen LogP contribution < -0.4 is 11.1 Å². The van der Waals surface area contributed by atoms with Crippen molar-refractivity contribution in [3.05, 3.63) is 16.1 Å². The number of rotatable bonds is 5. The van der Waals surface area contributed by atoms with E-state index in [9.17, 15) is 18.0 Å². The number of ether oxygens (including phenoxy) is 1. The normalized spacial score (nSPS) is 19.3. The first-order chi connectivity index (χ1) is 10.8. The number of alkyl halides is 3. The fourth-order valence-corrected chi connectivity index (χ4v) is 3.43. The minimum absolute atomic E-state index is 0.0308. The summed E-state index contributed by atoms with van der Waals surface area (Å²) in [7, 11) is 0. The van der Waals surface area contributed by atoms with E-state index < -0.39 is 24.0 Å². The molecule has 1 saturated heterocycles. The maximum atomic E-state index is 12.6. The zero-order chi connectivity index (χ0) is 17.0. The standard InChI is InChI=1S/C14H20F3N3O2S/c1-2-9(13-20-10(7-23-13)14(15,16)17)19-12(21)11(18)8-3-5-22-6-4-8/h7-9,11H,2-6,18H2,1H3,(H,19,21). The Morgan fingerprint density at radius 3 is 2.70 bits per heavy atom. The number of nitrogens with two attached hydrogens (primary N) is 1. The summed E-state index contributed by atoms with van der Waals surface area (Å²) in [5, 5.41) is 3.92. The van der Waals surface area contributed by atoms with Crippen molar-refractivity contribution >= 4 is 17.2 Å². The maximum Gasteiger partial charge on any atom is 0.434 e. The van der Waals surface area contributed by atoms with E-state index >= 15 is 0 Å². The Morgan fingerprint density at radius 1 is 1.52 bits per heavy atom. The monoisotopic (exact) mass is 351 g/mol. The summed E-state index contributed by atoms with van der Waals surface area (Å²) < 4.78 is 43.1. The van der Waals surface area contributed by atoms with E-state index in [4.69, 9.17) is 10.5 Å². The quantitative estimate of drug-likeness (QED) is 0.854. The molecule has 2 heterocycles. The zero-order valence-corrected chi connectivity index (χ0v) is 13.5. The molecular weight excluding hydrogens is 331 g/mol. The van der Waals surface area contributed by atoms with Crippen LogP contribution >= 0.6 is 11.3 Å². The van der Waals surface area contributed by atoms with Crippen LogP contribution in [0.15, 0.2) is 5.38 Å². The van der Waals surface area contributed by atoms with Crippen LogP contribution in [0.1, 0.15) is 42.9 Å². The number of halogens is 3. The summed E-state index contributed by atoms with van der Waals surface area (Å²) in [6.07, 6.45) is -2.62. The topological polar surface area (TPSA) is 77.2 Å². The number of hydrogen-bond donors (Lipinski definition) is 2. The molecule has 0 spiro atoms. The summed E-state index contributed by atoms with van der Waals surface area (Å²) in [6.45, 7) is 2.92. The first kappa shape index (κ1) is 18.2. The van der Waals surface area contributed by atoms with Crippen LogP contribution in [0.5, 0.6) is 0 Å². The van der Waals surface area contributed by atoms with Gasteiger partial charge >= 0.3 is 6.18 Å². The van der Waals surface area contributed by atoms with Crippen molar-refractivity contribution in [2.24, 2.45) is 11.7 Å². The predicted octanol–water partition coefficient (Wildman–Crippen LogP) is 2.48. The lowest BCUT2D eigenvalue weighted by Crippen LogP contribution is -2.48. The lowest BCUT2D eigenvalue weighted by atomic mass is 9.91. The third kappa shape index (κ3) is 4.65. The second-order valence-electron chi connectivity index (χ2n) is 5.51. The van der Waals surface area contributed by atoms with Gasteiger partial charge in [-0.2, -0.15) is 13.2 Å². The van der Waals surface area contributed by atoms with Crippen LogP contribution in [0.2, 0.25) is 0 Å². The highest BCUT2D eigenvalue weighted by atomic mass is 32.1. The van der Waals surface area contributed by atoms with Crippen molar-refractivity contribution in [1.29, 1.82) is 0 Å². The van der Waals surface area contributed by atoms with Crippen molar-refractivity contribution in [1.82, 2.24) is 10.3 Å². The van der Waals surface area contributed by atoms with Crippen molar-refractivity contribution in [3.8, 4) is 0 Å². The molecule has 1 aliphatic heterocycles. The molecule has 1 aromatic rings. The Balaban J connectivity index is 2.00. The number of aromatic nitrogens is 1. The lowest BCUT2D eigenvalue weighted by molar-refractivity contribution is -0.140. The molecule has 23 heavy (non-hydrogen) atoms. The number of amides is 1. The minimum Gasteiger partial charge on any atom is -0.381 e. The van der Waals surface area contributed by atoms with Gasteiger partial charge in [0.05, 0.1) is 12.1 Å². The molecule has 0 radical (unpaired) electrons. The molecule has 0 bridgehead atoms. The summed E-state index contributed by atoms with van der Waals surface area (Å²) >= 11 is 0.892. The molecule has 0 saturated carbocycles. The largest absolute Gasteiger partial charge is 0.434 e. The van der Waals surface area contributed by atoms with Gasteiger partial charge in [0, 0.05) is 18.6 Å². The maximum absolute atomic E-state index is 12.6. The molecule has 1 fully saturated rings. The Hall–Kier alpha value is -1.19. The summed E-state index contributed by atoms with van der Waals surface area (Å²) in [5.74, 6) is -0.323. The van der Waals surface area contributed by atoms with Gasteiger partial charge in [0.15, 0.2) is 5.69 Å². The molecule has 0 aliphatic carbocycles. The van der Waals surface area contributed by atoms with Gasteiger partial charge in [-0.25, -0.2) is 4.98 Å². The SMILES string of the molecule is CCC(NC(=O)C(N)C1CCOCC1)c1nc(C(F)(F)F)cs1. The Morgan fingerprint density at radius 2 is 2.17 bits per heavy atom. The molecule has 5 nitrogen and oxygen atoms in total. The number of nitrogens with one attached hydrogen (secondary N) is 1. The summed E-state index contributed by atoms with van der Waals surface area (Å²) in [4.78, 5) is 15.9.